The zero-order chi connectivity index (χ0) is 17.4. The number of carbonyl (C=O) groups excluding carboxylic acids is 1. The van der Waals surface area contributed by atoms with Gasteiger partial charge in [-0.2, -0.15) is 0 Å². The maximum atomic E-state index is 12.8. The number of benzene rings is 1. The Hall–Kier alpha value is -2.41. The van der Waals surface area contributed by atoms with Crippen LogP contribution in [-0.4, -0.2) is 57.2 Å². The lowest BCUT2D eigenvalue weighted by Crippen LogP contribution is -2.55. The van der Waals surface area contributed by atoms with E-state index in [4.69, 9.17) is 5.11 Å². The number of carbonyl (C=O) groups is 3. The number of carboxylic acid groups (broad SMARTS) is 2. The smallest absolute Gasteiger partial charge is 0.328 e. The Labute approximate surface area is 135 Å². The summed E-state index contributed by atoms with van der Waals surface area (Å²) < 4.78 is 0. The summed E-state index contributed by atoms with van der Waals surface area (Å²) in [4.78, 5) is 35.2. The molecule has 7 heteroatoms. The molecule has 1 amide bonds. The summed E-state index contributed by atoms with van der Waals surface area (Å²) in [6, 6.07) is 7.14. The first-order valence-corrected chi connectivity index (χ1v) is 7.50. The van der Waals surface area contributed by atoms with Gasteiger partial charge in [-0.1, -0.05) is 32.0 Å². The van der Waals surface area contributed by atoms with Crippen LogP contribution in [0.15, 0.2) is 30.3 Å². The summed E-state index contributed by atoms with van der Waals surface area (Å²) >= 11 is 0. The van der Waals surface area contributed by atoms with Crippen LogP contribution < -0.4 is 0 Å². The zero-order valence-electron chi connectivity index (χ0n) is 13.3. The summed E-state index contributed by atoms with van der Waals surface area (Å²) in [7, 11) is 0. The van der Waals surface area contributed by atoms with E-state index in [1.54, 1.807) is 35.3 Å². The van der Waals surface area contributed by atoms with Gasteiger partial charge in [0, 0.05) is 25.1 Å². The quantitative estimate of drug-likeness (QED) is 0.672. The normalized spacial score (nSPS) is 12.0. The predicted molar refractivity (Wildman–Crippen MR) is 83.8 cm³/mol. The summed E-state index contributed by atoms with van der Waals surface area (Å²) in [5.74, 6) is -2.77. The highest BCUT2D eigenvalue weighted by molar-refractivity contribution is 5.96. The first-order valence-electron chi connectivity index (χ1n) is 7.50. The standard InChI is InChI=1S/C16H22N2O5/c1-3-17(4-2)18(13(16(22)23)10-11-14(19)20)15(21)12-8-6-5-7-9-12/h5-9,13H,3-4,10-11H2,1-2H3,(H,19,20)(H,22,23)/t13-/m0/s1. The number of carboxylic acids is 2. The van der Waals surface area contributed by atoms with Gasteiger partial charge in [-0.05, 0) is 18.6 Å². The SMILES string of the molecule is CCN(CC)N(C(=O)c1ccccc1)[C@@H](CCC(=O)O)C(=O)O. The molecule has 2 N–H and O–H groups in total. The highest BCUT2D eigenvalue weighted by Crippen LogP contribution is 2.16. The van der Waals surface area contributed by atoms with Crippen molar-refractivity contribution in [2.24, 2.45) is 0 Å². The molecule has 0 unspecified atom stereocenters. The Bertz CT molecular complexity index is 543. The van der Waals surface area contributed by atoms with Gasteiger partial charge in [0.2, 0.25) is 0 Å². The van der Waals surface area contributed by atoms with Gasteiger partial charge in [0.1, 0.15) is 6.04 Å². The van der Waals surface area contributed by atoms with E-state index in [9.17, 15) is 19.5 Å². The fourth-order valence-electron chi connectivity index (χ4n) is 2.32. The van der Waals surface area contributed by atoms with Crippen molar-refractivity contribution < 1.29 is 24.6 Å². The Morgan fingerprint density at radius 2 is 1.61 bits per heavy atom. The molecule has 7 nitrogen and oxygen atoms in total. The van der Waals surface area contributed by atoms with E-state index in [2.05, 4.69) is 0 Å². The van der Waals surface area contributed by atoms with Crippen LogP contribution in [0.2, 0.25) is 0 Å². The second kappa shape index (κ2) is 8.89. The number of hydrogen-bond donors (Lipinski definition) is 2. The second-order valence-corrected chi connectivity index (χ2v) is 4.94. The van der Waals surface area contributed by atoms with Gasteiger partial charge < -0.3 is 10.2 Å². The number of aliphatic carboxylic acids is 2. The maximum Gasteiger partial charge on any atom is 0.328 e. The molecular formula is C16H22N2O5. The number of nitrogens with zero attached hydrogens (tertiary/aromatic N) is 2. The Morgan fingerprint density at radius 3 is 2.04 bits per heavy atom. The summed E-state index contributed by atoms with van der Waals surface area (Å²) in [6.07, 6.45) is -0.476. The number of amides is 1. The van der Waals surface area contributed by atoms with Crippen LogP contribution in [0, 0.1) is 0 Å². The van der Waals surface area contributed by atoms with Gasteiger partial charge in [-0.3, -0.25) is 14.6 Å². The number of hydrogen-bond acceptors (Lipinski definition) is 4. The molecule has 1 aromatic rings. The van der Waals surface area contributed by atoms with Gasteiger partial charge >= 0.3 is 11.9 Å². The highest BCUT2D eigenvalue weighted by atomic mass is 16.4. The Morgan fingerprint density at radius 1 is 1.04 bits per heavy atom. The van der Waals surface area contributed by atoms with E-state index < -0.39 is 23.9 Å². The number of hydrazine groups is 1. The van der Waals surface area contributed by atoms with Crippen LogP contribution in [0.5, 0.6) is 0 Å². The van der Waals surface area contributed by atoms with Crippen LogP contribution in [0.25, 0.3) is 0 Å². The van der Waals surface area contributed by atoms with Gasteiger partial charge in [0.05, 0.1) is 0 Å². The first kappa shape index (κ1) is 18.6. The van der Waals surface area contributed by atoms with Crippen molar-refractivity contribution >= 4 is 17.8 Å². The Balaban J connectivity index is 3.18. The van der Waals surface area contributed by atoms with Crippen LogP contribution in [0.4, 0.5) is 0 Å². The number of rotatable bonds is 9. The molecule has 1 atom stereocenters. The lowest BCUT2D eigenvalue weighted by Gasteiger charge is -2.37. The molecule has 126 valence electrons. The van der Waals surface area contributed by atoms with E-state index in [-0.39, 0.29) is 12.8 Å². The van der Waals surface area contributed by atoms with Crippen molar-refractivity contribution in [1.82, 2.24) is 10.0 Å². The molecule has 0 heterocycles. The molecule has 23 heavy (non-hydrogen) atoms. The summed E-state index contributed by atoms with van der Waals surface area (Å²) in [5, 5.41) is 21.1. The summed E-state index contributed by atoms with van der Waals surface area (Å²) in [6.45, 7) is 4.49. The van der Waals surface area contributed by atoms with Crippen molar-refractivity contribution in [1.29, 1.82) is 0 Å². The van der Waals surface area contributed by atoms with Gasteiger partial charge in [-0.15, -0.1) is 0 Å². The van der Waals surface area contributed by atoms with E-state index in [0.717, 1.165) is 0 Å². The molecule has 0 saturated carbocycles. The van der Waals surface area contributed by atoms with Crippen LogP contribution in [0.1, 0.15) is 37.0 Å². The third-order valence-corrected chi connectivity index (χ3v) is 3.48. The minimum absolute atomic E-state index is 0.153. The molecule has 1 rings (SSSR count). The van der Waals surface area contributed by atoms with Gasteiger partial charge in [0.15, 0.2) is 0 Å². The topological polar surface area (TPSA) is 98.2 Å². The van der Waals surface area contributed by atoms with Crippen LogP contribution in [-0.2, 0) is 9.59 Å². The van der Waals surface area contributed by atoms with Gasteiger partial charge in [-0.25, -0.2) is 9.80 Å². The molecule has 0 aliphatic heterocycles. The lowest BCUT2D eigenvalue weighted by molar-refractivity contribution is -0.150. The lowest BCUT2D eigenvalue weighted by atomic mass is 10.1. The van der Waals surface area contributed by atoms with Crippen molar-refractivity contribution in [3.8, 4) is 0 Å². The van der Waals surface area contributed by atoms with Crippen LogP contribution in [0.3, 0.4) is 0 Å². The average Bonchev–Trinajstić information content (AvgIpc) is 2.54. The van der Waals surface area contributed by atoms with E-state index in [0.29, 0.717) is 18.7 Å². The molecular weight excluding hydrogens is 300 g/mol. The minimum atomic E-state index is -1.22. The van der Waals surface area contributed by atoms with Gasteiger partial charge in [0.25, 0.3) is 5.91 Å². The molecule has 0 saturated heterocycles. The van der Waals surface area contributed by atoms with Crippen LogP contribution >= 0.6 is 0 Å². The second-order valence-electron chi connectivity index (χ2n) is 4.94. The molecule has 1 aromatic carbocycles. The third kappa shape index (κ3) is 5.07. The monoisotopic (exact) mass is 322 g/mol. The molecule has 0 radical (unpaired) electrons. The minimum Gasteiger partial charge on any atom is -0.481 e. The summed E-state index contributed by atoms with van der Waals surface area (Å²) in [5.41, 5.74) is 0.362. The average molecular weight is 322 g/mol. The molecule has 0 aliphatic rings. The van der Waals surface area contributed by atoms with Crippen molar-refractivity contribution in [2.45, 2.75) is 32.7 Å². The zero-order valence-corrected chi connectivity index (χ0v) is 13.3. The maximum absolute atomic E-state index is 12.8. The molecule has 0 fully saturated rings. The van der Waals surface area contributed by atoms with E-state index in [1.165, 1.54) is 5.01 Å². The van der Waals surface area contributed by atoms with Crippen molar-refractivity contribution in [3.05, 3.63) is 35.9 Å². The predicted octanol–water partition coefficient (Wildman–Crippen LogP) is 1.70. The largest absolute Gasteiger partial charge is 0.481 e. The Kier molecular flexibility index (Phi) is 7.21. The third-order valence-electron chi connectivity index (χ3n) is 3.48. The fraction of sp³-hybridized carbons (Fsp3) is 0.438. The van der Waals surface area contributed by atoms with E-state index in [1.807, 2.05) is 13.8 Å². The molecule has 0 aromatic heterocycles. The van der Waals surface area contributed by atoms with Crippen molar-refractivity contribution in [2.75, 3.05) is 13.1 Å². The fourth-order valence-corrected chi connectivity index (χ4v) is 2.32. The first-order chi connectivity index (χ1) is 10.9. The van der Waals surface area contributed by atoms with Crippen molar-refractivity contribution in [3.63, 3.8) is 0 Å². The molecule has 0 bridgehead atoms. The molecule has 0 aliphatic carbocycles. The van der Waals surface area contributed by atoms with E-state index >= 15 is 0 Å². The highest BCUT2D eigenvalue weighted by Gasteiger charge is 2.34. The molecule has 0 spiro atoms.